The molecule has 1 amide bonds. The van der Waals surface area contributed by atoms with Gasteiger partial charge in [-0.15, -0.1) is 0 Å². The summed E-state index contributed by atoms with van der Waals surface area (Å²) >= 11 is 5.81. The summed E-state index contributed by atoms with van der Waals surface area (Å²) in [4.78, 5) is 16.2. The van der Waals surface area contributed by atoms with Crippen LogP contribution in [0.2, 0.25) is 5.02 Å². The molecule has 1 unspecified atom stereocenters. The van der Waals surface area contributed by atoms with Crippen LogP contribution in [-0.4, -0.2) is 17.5 Å². The number of nitrogens with one attached hydrogen (secondary N) is 2. The zero-order chi connectivity index (χ0) is 19.1. The van der Waals surface area contributed by atoms with Gasteiger partial charge in [-0.1, -0.05) is 41.9 Å². The summed E-state index contributed by atoms with van der Waals surface area (Å²) in [5.74, 6) is 0.769. The molecular weight excluding hydrogens is 362 g/mol. The summed E-state index contributed by atoms with van der Waals surface area (Å²) < 4.78 is 5.41. The minimum Gasteiger partial charge on any atom is -0.484 e. The lowest BCUT2D eigenvalue weighted by atomic mass is 10.1. The Morgan fingerprint density at radius 1 is 1.07 bits per heavy atom. The summed E-state index contributed by atoms with van der Waals surface area (Å²) in [6.45, 7) is 1.98. The molecule has 0 bridgehead atoms. The summed E-state index contributed by atoms with van der Waals surface area (Å²) in [5.41, 5.74) is 2.07. The number of aromatic nitrogens is 1. The summed E-state index contributed by atoms with van der Waals surface area (Å²) in [5, 5.41) is 6.70. The Labute approximate surface area is 163 Å². The van der Waals surface area contributed by atoms with Crippen molar-refractivity contribution in [1.29, 1.82) is 0 Å². The summed E-state index contributed by atoms with van der Waals surface area (Å²) in [6.07, 6.45) is 1.69. The van der Waals surface area contributed by atoms with Gasteiger partial charge in [-0.3, -0.25) is 4.79 Å². The molecule has 1 atom stereocenters. The van der Waals surface area contributed by atoms with Crippen LogP contribution in [0.3, 0.4) is 0 Å². The van der Waals surface area contributed by atoms with Gasteiger partial charge in [-0.2, -0.15) is 0 Å². The molecule has 0 aliphatic carbocycles. The third-order valence-corrected chi connectivity index (χ3v) is 4.15. The first-order valence-corrected chi connectivity index (χ1v) is 8.94. The maximum atomic E-state index is 12.0. The number of pyridine rings is 1. The van der Waals surface area contributed by atoms with Crippen LogP contribution < -0.4 is 15.4 Å². The lowest BCUT2D eigenvalue weighted by Gasteiger charge is -2.15. The van der Waals surface area contributed by atoms with E-state index in [1.165, 1.54) is 5.56 Å². The second-order valence-electron chi connectivity index (χ2n) is 6.00. The van der Waals surface area contributed by atoms with Gasteiger partial charge in [0.05, 0.1) is 11.9 Å². The van der Waals surface area contributed by atoms with E-state index in [2.05, 4.69) is 34.7 Å². The molecule has 0 spiro atoms. The Morgan fingerprint density at radius 3 is 2.48 bits per heavy atom. The first-order valence-electron chi connectivity index (χ1n) is 8.56. The Balaban J connectivity index is 1.49. The molecule has 0 radical (unpaired) electrons. The first kappa shape index (κ1) is 18.7. The highest BCUT2D eigenvalue weighted by Crippen LogP contribution is 2.19. The average Bonchev–Trinajstić information content (AvgIpc) is 2.70. The van der Waals surface area contributed by atoms with E-state index >= 15 is 0 Å². The van der Waals surface area contributed by atoms with Crippen molar-refractivity contribution in [1.82, 2.24) is 4.98 Å². The maximum absolute atomic E-state index is 12.0. The minimum atomic E-state index is -0.282. The van der Waals surface area contributed by atoms with E-state index in [4.69, 9.17) is 16.3 Å². The normalized spacial score (nSPS) is 11.5. The number of carbonyl (C=O) groups excluding carboxylic acids is 1. The largest absolute Gasteiger partial charge is 0.484 e. The number of hydrogen-bond donors (Lipinski definition) is 2. The lowest BCUT2D eigenvalue weighted by Crippen LogP contribution is -2.20. The van der Waals surface area contributed by atoms with Gasteiger partial charge in [0.1, 0.15) is 11.6 Å². The molecule has 138 valence electrons. The monoisotopic (exact) mass is 381 g/mol. The fourth-order valence-electron chi connectivity index (χ4n) is 2.49. The van der Waals surface area contributed by atoms with Crippen molar-refractivity contribution < 1.29 is 9.53 Å². The Kier molecular flexibility index (Phi) is 6.28. The molecule has 0 aliphatic rings. The van der Waals surface area contributed by atoms with Crippen molar-refractivity contribution in [2.24, 2.45) is 0 Å². The molecule has 0 saturated heterocycles. The average molecular weight is 382 g/mol. The molecule has 2 N–H and O–H groups in total. The van der Waals surface area contributed by atoms with E-state index in [-0.39, 0.29) is 18.6 Å². The number of benzene rings is 2. The number of nitrogens with zero attached hydrogens (tertiary/aromatic N) is 1. The van der Waals surface area contributed by atoms with E-state index in [1.807, 2.05) is 24.3 Å². The van der Waals surface area contributed by atoms with Crippen LogP contribution in [-0.2, 0) is 4.79 Å². The van der Waals surface area contributed by atoms with Crippen LogP contribution in [0.4, 0.5) is 11.5 Å². The molecule has 1 heterocycles. The fraction of sp³-hybridized carbons (Fsp3) is 0.143. The third-order valence-electron chi connectivity index (χ3n) is 3.90. The van der Waals surface area contributed by atoms with Crippen molar-refractivity contribution in [3.63, 3.8) is 0 Å². The van der Waals surface area contributed by atoms with E-state index < -0.39 is 0 Å². The van der Waals surface area contributed by atoms with Crippen molar-refractivity contribution >= 4 is 29.0 Å². The smallest absolute Gasteiger partial charge is 0.263 e. The van der Waals surface area contributed by atoms with Gasteiger partial charge >= 0.3 is 0 Å². The van der Waals surface area contributed by atoms with Crippen molar-refractivity contribution in [3.05, 3.63) is 83.5 Å². The molecule has 27 heavy (non-hydrogen) atoms. The number of rotatable bonds is 7. The molecular formula is C21H20ClN3O2. The molecule has 6 heteroatoms. The van der Waals surface area contributed by atoms with E-state index in [9.17, 15) is 4.79 Å². The maximum Gasteiger partial charge on any atom is 0.263 e. The van der Waals surface area contributed by atoms with E-state index in [0.29, 0.717) is 16.6 Å². The number of halogens is 1. The van der Waals surface area contributed by atoms with Crippen molar-refractivity contribution in [2.45, 2.75) is 13.0 Å². The number of carbonyl (C=O) groups is 1. The van der Waals surface area contributed by atoms with Crippen LogP contribution in [0.25, 0.3) is 0 Å². The number of amides is 1. The standard InChI is InChI=1S/C21H20ClN3O2/c1-15(16-5-3-2-4-6-16)24-18-9-12-20(23-13-18)25-21(26)14-27-19-10-7-17(22)8-11-19/h2-13,15,24H,14H2,1H3,(H,23,25,26). The predicted octanol–water partition coefficient (Wildman–Crippen LogP) is 4.93. The molecule has 0 fully saturated rings. The van der Waals surface area contributed by atoms with Crippen LogP contribution in [0, 0.1) is 0 Å². The SMILES string of the molecule is CC(Nc1ccc(NC(=O)COc2ccc(Cl)cc2)nc1)c1ccccc1. The molecule has 2 aromatic carbocycles. The van der Waals surface area contributed by atoms with Gasteiger partial charge < -0.3 is 15.4 Å². The van der Waals surface area contributed by atoms with Gasteiger partial charge in [0.2, 0.25) is 0 Å². The molecule has 0 aliphatic heterocycles. The predicted molar refractivity (Wildman–Crippen MR) is 108 cm³/mol. The third kappa shape index (κ3) is 5.72. The highest BCUT2D eigenvalue weighted by molar-refractivity contribution is 6.30. The molecule has 3 aromatic rings. The van der Waals surface area contributed by atoms with Crippen LogP contribution >= 0.6 is 11.6 Å². The molecule has 5 nitrogen and oxygen atoms in total. The number of anilines is 2. The summed E-state index contributed by atoms with van der Waals surface area (Å²) in [6, 6.07) is 20.8. The highest BCUT2D eigenvalue weighted by atomic mass is 35.5. The summed E-state index contributed by atoms with van der Waals surface area (Å²) in [7, 11) is 0. The number of ether oxygens (including phenoxy) is 1. The van der Waals surface area contributed by atoms with E-state index in [0.717, 1.165) is 5.69 Å². The zero-order valence-electron chi connectivity index (χ0n) is 14.9. The van der Waals surface area contributed by atoms with Gasteiger partial charge in [0.15, 0.2) is 6.61 Å². The van der Waals surface area contributed by atoms with E-state index in [1.54, 1.807) is 36.5 Å². The van der Waals surface area contributed by atoms with Gasteiger partial charge in [-0.05, 0) is 48.9 Å². The first-order chi connectivity index (χ1) is 13.1. The molecule has 1 aromatic heterocycles. The van der Waals surface area contributed by atoms with Crippen LogP contribution in [0.1, 0.15) is 18.5 Å². The Morgan fingerprint density at radius 2 is 1.81 bits per heavy atom. The van der Waals surface area contributed by atoms with Crippen LogP contribution in [0.5, 0.6) is 5.75 Å². The van der Waals surface area contributed by atoms with Gasteiger partial charge in [0.25, 0.3) is 5.91 Å². The second-order valence-corrected chi connectivity index (χ2v) is 6.44. The fourth-order valence-corrected chi connectivity index (χ4v) is 2.61. The van der Waals surface area contributed by atoms with Crippen molar-refractivity contribution in [2.75, 3.05) is 17.2 Å². The quantitative estimate of drug-likeness (QED) is 0.609. The number of hydrogen-bond acceptors (Lipinski definition) is 4. The second kappa shape index (κ2) is 9.05. The topological polar surface area (TPSA) is 63.2 Å². The van der Waals surface area contributed by atoms with Crippen molar-refractivity contribution in [3.8, 4) is 5.75 Å². The highest BCUT2D eigenvalue weighted by Gasteiger charge is 2.07. The minimum absolute atomic E-state index is 0.103. The Hall–Kier alpha value is -3.05. The molecule has 3 rings (SSSR count). The zero-order valence-corrected chi connectivity index (χ0v) is 15.6. The molecule has 0 saturated carbocycles. The van der Waals surface area contributed by atoms with Gasteiger partial charge in [0, 0.05) is 11.1 Å². The Bertz CT molecular complexity index is 868. The van der Waals surface area contributed by atoms with Crippen LogP contribution in [0.15, 0.2) is 72.9 Å². The van der Waals surface area contributed by atoms with Gasteiger partial charge in [-0.25, -0.2) is 4.98 Å². The lowest BCUT2D eigenvalue weighted by molar-refractivity contribution is -0.118.